The zero-order valence-electron chi connectivity index (χ0n) is 19.1. The van der Waals surface area contributed by atoms with E-state index in [1.807, 2.05) is 67.8 Å². The van der Waals surface area contributed by atoms with Crippen molar-refractivity contribution < 1.29 is 9.53 Å². The summed E-state index contributed by atoms with van der Waals surface area (Å²) in [6, 6.07) is 21.1. The molecule has 0 unspecified atom stereocenters. The number of hydrogen-bond donors (Lipinski definition) is 1. The first-order chi connectivity index (χ1) is 17.0. The molecule has 0 bridgehead atoms. The lowest BCUT2D eigenvalue weighted by Crippen LogP contribution is -2.25. The van der Waals surface area contributed by atoms with Crippen LogP contribution in [0.25, 0.3) is 11.3 Å². The number of nitrogens with zero attached hydrogens (tertiary/aromatic N) is 4. The molecular formula is C27H21N5O2S. The number of rotatable bonds is 4. The molecule has 8 heteroatoms. The topological polar surface area (TPSA) is 91.8 Å². The summed E-state index contributed by atoms with van der Waals surface area (Å²) in [6.45, 7) is 4.09. The Morgan fingerprint density at radius 3 is 2.63 bits per heavy atom. The fourth-order valence-corrected chi connectivity index (χ4v) is 4.62. The van der Waals surface area contributed by atoms with E-state index in [9.17, 15) is 4.79 Å². The molecule has 1 aromatic heterocycles. The van der Waals surface area contributed by atoms with Gasteiger partial charge in [0.25, 0.3) is 5.91 Å². The second kappa shape index (κ2) is 9.41. The monoisotopic (exact) mass is 479 g/mol. The van der Waals surface area contributed by atoms with Crippen molar-refractivity contribution in [1.82, 2.24) is 4.68 Å². The van der Waals surface area contributed by atoms with Gasteiger partial charge < -0.3 is 10.1 Å². The maximum Gasteiger partial charge on any atom is 0.262 e. The van der Waals surface area contributed by atoms with Crippen molar-refractivity contribution in [3.63, 3.8) is 0 Å². The van der Waals surface area contributed by atoms with Crippen LogP contribution in [-0.4, -0.2) is 23.4 Å². The van der Waals surface area contributed by atoms with E-state index in [1.54, 1.807) is 23.0 Å². The summed E-state index contributed by atoms with van der Waals surface area (Å²) >= 11 is 1.48. The van der Waals surface area contributed by atoms with Gasteiger partial charge in [0, 0.05) is 10.9 Å². The van der Waals surface area contributed by atoms with E-state index in [0.29, 0.717) is 21.8 Å². The molecule has 0 saturated carbocycles. The van der Waals surface area contributed by atoms with Gasteiger partial charge in [0.05, 0.1) is 34.9 Å². The van der Waals surface area contributed by atoms with Gasteiger partial charge in [0.15, 0.2) is 6.61 Å². The molecule has 1 aliphatic rings. The highest BCUT2D eigenvalue weighted by Gasteiger charge is 2.18. The average Bonchev–Trinajstić information content (AvgIpc) is 3.27. The van der Waals surface area contributed by atoms with Crippen LogP contribution >= 0.6 is 11.3 Å². The molecule has 1 amide bonds. The van der Waals surface area contributed by atoms with E-state index in [0.717, 1.165) is 33.6 Å². The van der Waals surface area contributed by atoms with Gasteiger partial charge in [-0.15, -0.1) is 11.3 Å². The van der Waals surface area contributed by atoms with Crippen molar-refractivity contribution in [3.05, 3.63) is 93.1 Å². The van der Waals surface area contributed by atoms with Crippen LogP contribution in [0.15, 0.2) is 76.1 Å². The van der Waals surface area contributed by atoms with Crippen LogP contribution in [0.4, 0.5) is 11.4 Å². The quantitative estimate of drug-likeness (QED) is 0.410. The first-order valence-electron chi connectivity index (χ1n) is 10.9. The van der Waals surface area contributed by atoms with E-state index >= 15 is 0 Å². The molecule has 0 saturated heterocycles. The Labute approximate surface area is 206 Å². The predicted octanol–water partition coefficient (Wildman–Crippen LogP) is 5.15. The van der Waals surface area contributed by atoms with Crippen LogP contribution in [0.3, 0.4) is 0 Å². The highest BCUT2D eigenvalue weighted by molar-refractivity contribution is 7.07. The minimum atomic E-state index is -0.183. The van der Waals surface area contributed by atoms with Gasteiger partial charge in [-0.1, -0.05) is 30.3 Å². The molecule has 4 aromatic rings. The second-order valence-electron chi connectivity index (χ2n) is 8.09. The van der Waals surface area contributed by atoms with E-state index in [-0.39, 0.29) is 12.5 Å². The summed E-state index contributed by atoms with van der Waals surface area (Å²) in [5.41, 5.74) is 6.84. The third-order valence-electron chi connectivity index (χ3n) is 5.60. The lowest BCUT2D eigenvalue weighted by atomic mass is 10.1. The Morgan fingerprint density at radius 1 is 1.11 bits per heavy atom. The number of aromatic nitrogens is 1. The number of fused-ring (bicyclic) bond motifs is 1. The predicted molar refractivity (Wildman–Crippen MR) is 137 cm³/mol. The summed E-state index contributed by atoms with van der Waals surface area (Å²) in [7, 11) is 0. The Balaban J connectivity index is 1.64. The molecule has 35 heavy (non-hydrogen) atoms. The van der Waals surface area contributed by atoms with Gasteiger partial charge >= 0.3 is 0 Å². The van der Waals surface area contributed by atoms with Crippen molar-refractivity contribution in [2.45, 2.75) is 13.8 Å². The third kappa shape index (κ3) is 4.63. The number of hydrogen-bond acceptors (Lipinski definition) is 6. The summed E-state index contributed by atoms with van der Waals surface area (Å²) in [6.07, 6.45) is 1.74. The third-order valence-corrected chi connectivity index (χ3v) is 6.42. The number of anilines is 1. The molecule has 5 rings (SSSR count). The van der Waals surface area contributed by atoms with Gasteiger partial charge in [0.2, 0.25) is 4.80 Å². The molecule has 172 valence electrons. The highest BCUT2D eigenvalue weighted by atomic mass is 32.1. The van der Waals surface area contributed by atoms with E-state index in [2.05, 4.69) is 11.4 Å². The molecule has 2 heterocycles. The summed E-state index contributed by atoms with van der Waals surface area (Å²) < 4.78 is 7.30. The maximum absolute atomic E-state index is 11.8. The fourth-order valence-electron chi connectivity index (χ4n) is 3.78. The van der Waals surface area contributed by atoms with Crippen LogP contribution < -0.4 is 14.9 Å². The molecule has 0 fully saturated rings. The highest BCUT2D eigenvalue weighted by Crippen LogP contribution is 2.33. The number of carbonyl (C=O) groups is 1. The van der Waals surface area contributed by atoms with E-state index in [1.165, 1.54) is 11.3 Å². The minimum absolute atomic E-state index is 0.0124. The number of carbonyl (C=O) groups excluding carboxylic acids is 1. The zero-order chi connectivity index (χ0) is 24.4. The normalized spacial score (nSPS) is 13.3. The number of ether oxygens (including phenoxy) is 1. The molecule has 0 aliphatic carbocycles. The molecule has 1 aliphatic heterocycles. The van der Waals surface area contributed by atoms with Crippen molar-refractivity contribution in [3.8, 4) is 23.1 Å². The summed E-state index contributed by atoms with van der Waals surface area (Å²) in [4.78, 5) is 17.5. The SMILES string of the molecule is Cc1cccc(C)c1N=c1scc(-c2ccc3c(c2)NC(=O)CO3)n1N=Cc1ccc(C#N)cc1. The van der Waals surface area contributed by atoms with Crippen molar-refractivity contribution in [1.29, 1.82) is 5.26 Å². The van der Waals surface area contributed by atoms with Crippen molar-refractivity contribution >= 4 is 34.8 Å². The molecule has 7 nitrogen and oxygen atoms in total. The smallest absolute Gasteiger partial charge is 0.262 e. The van der Waals surface area contributed by atoms with Crippen LogP contribution in [0, 0.1) is 25.2 Å². The molecule has 3 aromatic carbocycles. The lowest BCUT2D eigenvalue weighted by molar-refractivity contribution is -0.118. The van der Waals surface area contributed by atoms with Crippen LogP contribution in [0.5, 0.6) is 5.75 Å². The number of para-hydroxylation sites is 1. The Hall–Kier alpha value is -4.48. The number of thiazole rings is 1. The number of benzene rings is 3. The largest absolute Gasteiger partial charge is 0.482 e. The lowest BCUT2D eigenvalue weighted by Gasteiger charge is -2.18. The van der Waals surface area contributed by atoms with E-state index < -0.39 is 0 Å². The first-order valence-corrected chi connectivity index (χ1v) is 11.8. The minimum Gasteiger partial charge on any atom is -0.482 e. The van der Waals surface area contributed by atoms with Gasteiger partial charge in [-0.05, 0) is 60.9 Å². The molecule has 0 radical (unpaired) electrons. The molecule has 0 atom stereocenters. The molecule has 0 spiro atoms. The fraction of sp³-hybridized carbons (Fsp3) is 0.111. The van der Waals surface area contributed by atoms with Crippen LogP contribution in [0.2, 0.25) is 0 Å². The molecular weight excluding hydrogens is 458 g/mol. The number of amides is 1. The van der Waals surface area contributed by atoms with Crippen molar-refractivity contribution in [2.75, 3.05) is 11.9 Å². The van der Waals surface area contributed by atoms with Crippen LogP contribution in [-0.2, 0) is 4.79 Å². The molecule has 1 N–H and O–H groups in total. The second-order valence-corrected chi connectivity index (χ2v) is 8.93. The Morgan fingerprint density at radius 2 is 1.89 bits per heavy atom. The van der Waals surface area contributed by atoms with Gasteiger partial charge in [0.1, 0.15) is 5.75 Å². The Bertz CT molecular complexity index is 1550. The average molecular weight is 480 g/mol. The summed E-state index contributed by atoms with van der Waals surface area (Å²) in [5, 5.41) is 18.7. The van der Waals surface area contributed by atoms with Gasteiger partial charge in [-0.25, -0.2) is 9.67 Å². The Kier molecular flexibility index (Phi) is 6.00. The van der Waals surface area contributed by atoms with Crippen molar-refractivity contribution in [2.24, 2.45) is 10.1 Å². The standard InChI is InChI=1S/C27H21N5O2S/c1-17-4-3-5-18(2)26(17)31-27-32(29-14-20-8-6-19(13-28)7-9-20)23(16-35-27)21-10-11-24-22(12-21)30-25(33)15-34-24/h3-12,14,16H,15H2,1-2H3,(H,30,33). The van der Waals surface area contributed by atoms with Gasteiger partial charge in [-0.3, -0.25) is 4.79 Å². The van der Waals surface area contributed by atoms with Crippen LogP contribution in [0.1, 0.15) is 22.3 Å². The van der Waals surface area contributed by atoms with E-state index in [4.69, 9.17) is 20.1 Å². The zero-order valence-corrected chi connectivity index (χ0v) is 20.0. The number of aryl methyl sites for hydroxylation is 2. The number of nitrogens with one attached hydrogen (secondary N) is 1. The summed E-state index contributed by atoms with van der Waals surface area (Å²) in [5.74, 6) is 0.453. The maximum atomic E-state index is 11.8. The first kappa shape index (κ1) is 22.3. The van der Waals surface area contributed by atoms with Gasteiger partial charge in [-0.2, -0.15) is 10.4 Å². The number of nitriles is 1.